The number of esters is 1. The van der Waals surface area contributed by atoms with Crippen molar-refractivity contribution in [2.24, 2.45) is 7.05 Å². The Hall–Kier alpha value is -2.63. The zero-order chi connectivity index (χ0) is 18.4. The summed E-state index contributed by atoms with van der Waals surface area (Å²) in [4.78, 5) is 23.8. The lowest BCUT2D eigenvalue weighted by atomic mass is 10.1. The summed E-state index contributed by atoms with van der Waals surface area (Å²) in [5.74, 6) is -0.741. The minimum absolute atomic E-state index is 0.254. The molecule has 1 amide bonds. The van der Waals surface area contributed by atoms with Crippen molar-refractivity contribution in [2.45, 2.75) is 40.0 Å². The number of benzene rings is 1. The molecule has 1 heterocycles. The van der Waals surface area contributed by atoms with E-state index in [0.29, 0.717) is 12.1 Å². The maximum atomic E-state index is 12.0. The molecule has 0 fully saturated rings. The Bertz CT molecular complexity index is 748. The molecule has 0 aliphatic rings. The van der Waals surface area contributed by atoms with Gasteiger partial charge in [0.1, 0.15) is 0 Å². The molecule has 2 rings (SSSR count). The minimum atomic E-state index is -0.380. The first-order valence-corrected chi connectivity index (χ1v) is 8.44. The number of aryl methyl sites for hydroxylation is 4. The maximum absolute atomic E-state index is 12.0. The number of anilines is 1. The fourth-order valence-corrected chi connectivity index (χ4v) is 2.54. The Morgan fingerprint density at radius 1 is 1.16 bits per heavy atom. The van der Waals surface area contributed by atoms with Crippen LogP contribution in [0.5, 0.6) is 0 Å². The predicted octanol–water partition coefficient (Wildman–Crippen LogP) is 2.71. The number of rotatable bonds is 7. The van der Waals surface area contributed by atoms with Crippen LogP contribution in [0.3, 0.4) is 0 Å². The van der Waals surface area contributed by atoms with E-state index in [1.54, 1.807) is 4.68 Å². The molecule has 25 heavy (non-hydrogen) atoms. The number of ether oxygens (including phenoxy) is 1. The predicted molar refractivity (Wildman–Crippen MR) is 96.4 cm³/mol. The van der Waals surface area contributed by atoms with E-state index in [1.165, 1.54) is 5.56 Å². The normalized spacial score (nSPS) is 10.6. The Labute approximate surface area is 148 Å². The van der Waals surface area contributed by atoms with Gasteiger partial charge in [-0.05, 0) is 37.8 Å². The van der Waals surface area contributed by atoms with Gasteiger partial charge in [-0.1, -0.05) is 31.2 Å². The summed E-state index contributed by atoms with van der Waals surface area (Å²) in [6.07, 6.45) is 1.85. The van der Waals surface area contributed by atoms with E-state index in [9.17, 15) is 9.59 Å². The molecule has 0 unspecified atom stereocenters. The third-order valence-corrected chi connectivity index (χ3v) is 4.19. The zero-order valence-electron chi connectivity index (χ0n) is 15.3. The van der Waals surface area contributed by atoms with Crippen LogP contribution in [-0.4, -0.2) is 28.3 Å². The van der Waals surface area contributed by atoms with Crippen molar-refractivity contribution >= 4 is 17.6 Å². The van der Waals surface area contributed by atoms with E-state index >= 15 is 0 Å². The van der Waals surface area contributed by atoms with Crippen LogP contribution in [-0.2, 0) is 34.2 Å². The van der Waals surface area contributed by atoms with E-state index in [4.69, 9.17) is 4.74 Å². The van der Waals surface area contributed by atoms with Crippen LogP contribution in [0.2, 0.25) is 0 Å². The molecule has 0 atom stereocenters. The number of nitrogens with one attached hydrogen (secondary N) is 1. The highest BCUT2D eigenvalue weighted by atomic mass is 16.5. The van der Waals surface area contributed by atoms with E-state index in [2.05, 4.69) is 29.5 Å². The Kier molecular flexibility index (Phi) is 6.33. The maximum Gasteiger partial charge on any atom is 0.306 e. The second-order valence-electron chi connectivity index (χ2n) is 6.05. The van der Waals surface area contributed by atoms with Gasteiger partial charge in [0.15, 0.2) is 6.61 Å². The summed E-state index contributed by atoms with van der Waals surface area (Å²) in [5, 5.41) is 6.97. The van der Waals surface area contributed by atoms with Crippen LogP contribution in [0.4, 0.5) is 5.69 Å². The van der Waals surface area contributed by atoms with Gasteiger partial charge in [0.2, 0.25) is 0 Å². The first-order chi connectivity index (χ1) is 11.9. The SMILES string of the molecule is CCc1ccc(CCC(=O)OCC(=O)Nc2c(C)nn(C)c2C)cc1. The minimum Gasteiger partial charge on any atom is -0.456 e. The topological polar surface area (TPSA) is 73.2 Å². The molecule has 1 N–H and O–H groups in total. The van der Waals surface area contributed by atoms with Gasteiger partial charge in [-0.15, -0.1) is 0 Å². The lowest BCUT2D eigenvalue weighted by Gasteiger charge is -2.07. The molecular weight excluding hydrogens is 318 g/mol. The molecule has 0 spiro atoms. The van der Waals surface area contributed by atoms with Crippen LogP contribution >= 0.6 is 0 Å². The van der Waals surface area contributed by atoms with E-state index in [-0.39, 0.29) is 24.9 Å². The smallest absolute Gasteiger partial charge is 0.306 e. The molecule has 1 aromatic heterocycles. The summed E-state index contributed by atoms with van der Waals surface area (Å²) < 4.78 is 6.75. The van der Waals surface area contributed by atoms with Crippen molar-refractivity contribution < 1.29 is 14.3 Å². The molecule has 0 aliphatic heterocycles. The fraction of sp³-hybridized carbons (Fsp3) is 0.421. The molecule has 2 aromatic rings. The van der Waals surface area contributed by atoms with E-state index < -0.39 is 0 Å². The van der Waals surface area contributed by atoms with Crippen molar-refractivity contribution in [3.8, 4) is 0 Å². The average Bonchev–Trinajstić information content (AvgIpc) is 2.84. The number of aromatic nitrogens is 2. The van der Waals surface area contributed by atoms with Crippen LogP contribution in [0.15, 0.2) is 24.3 Å². The summed E-state index contributed by atoms with van der Waals surface area (Å²) >= 11 is 0. The summed E-state index contributed by atoms with van der Waals surface area (Å²) in [5.41, 5.74) is 4.60. The molecule has 6 heteroatoms. The molecule has 6 nitrogen and oxygen atoms in total. The van der Waals surface area contributed by atoms with Gasteiger partial charge in [0.25, 0.3) is 5.91 Å². The van der Waals surface area contributed by atoms with E-state index in [0.717, 1.165) is 23.4 Å². The van der Waals surface area contributed by atoms with Crippen molar-refractivity contribution in [1.82, 2.24) is 9.78 Å². The number of carbonyl (C=O) groups is 2. The Morgan fingerprint density at radius 2 is 1.80 bits per heavy atom. The standard InChI is InChI=1S/C19H25N3O3/c1-5-15-6-8-16(9-7-15)10-11-18(24)25-12-17(23)20-19-13(2)21-22(4)14(19)3/h6-9H,5,10-12H2,1-4H3,(H,20,23). The molecule has 0 saturated carbocycles. The van der Waals surface area contributed by atoms with Gasteiger partial charge in [-0.25, -0.2) is 0 Å². The third kappa shape index (κ3) is 5.17. The van der Waals surface area contributed by atoms with Crippen LogP contribution in [0, 0.1) is 13.8 Å². The van der Waals surface area contributed by atoms with E-state index in [1.807, 2.05) is 33.0 Å². The highest BCUT2D eigenvalue weighted by Crippen LogP contribution is 2.18. The lowest BCUT2D eigenvalue weighted by molar-refractivity contribution is -0.147. The second-order valence-corrected chi connectivity index (χ2v) is 6.05. The number of nitrogens with zero attached hydrogens (tertiary/aromatic N) is 2. The molecular formula is C19H25N3O3. The van der Waals surface area contributed by atoms with Gasteiger partial charge in [0, 0.05) is 13.5 Å². The quantitative estimate of drug-likeness (QED) is 0.785. The van der Waals surface area contributed by atoms with Crippen LogP contribution < -0.4 is 5.32 Å². The van der Waals surface area contributed by atoms with Crippen molar-refractivity contribution in [2.75, 3.05) is 11.9 Å². The Balaban J connectivity index is 1.76. The molecule has 1 aromatic carbocycles. The molecule has 0 bridgehead atoms. The van der Waals surface area contributed by atoms with Gasteiger partial charge < -0.3 is 10.1 Å². The monoisotopic (exact) mass is 343 g/mol. The Morgan fingerprint density at radius 3 is 2.36 bits per heavy atom. The van der Waals surface area contributed by atoms with Gasteiger partial charge in [-0.3, -0.25) is 14.3 Å². The van der Waals surface area contributed by atoms with Crippen molar-refractivity contribution in [1.29, 1.82) is 0 Å². The first-order valence-electron chi connectivity index (χ1n) is 8.44. The highest BCUT2D eigenvalue weighted by Gasteiger charge is 2.14. The second kappa shape index (κ2) is 8.46. The average molecular weight is 343 g/mol. The first kappa shape index (κ1) is 18.7. The molecule has 134 valence electrons. The molecule has 0 saturated heterocycles. The van der Waals surface area contributed by atoms with Gasteiger partial charge in [0.05, 0.1) is 17.1 Å². The van der Waals surface area contributed by atoms with Crippen LogP contribution in [0.25, 0.3) is 0 Å². The van der Waals surface area contributed by atoms with Crippen molar-refractivity contribution in [3.63, 3.8) is 0 Å². The largest absolute Gasteiger partial charge is 0.456 e. The summed E-state index contributed by atoms with van der Waals surface area (Å²) in [6, 6.07) is 8.17. The summed E-state index contributed by atoms with van der Waals surface area (Å²) in [6.45, 7) is 5.50. The fourth-order valence-electron chi connectivity index (χ4n) is 2.54. The molecule has 0 radical (unpaired) electrons. The zero-order valence-corrected chi connectivity index (χ0v) is 15.3. The number of hydrogen-bond donors (Lipinski definition) is 1. The highest BCUT2D eigenvalue weighted by molar-refractivity contribution is 5.93. The van der Waals surface area contributed by atoms with Gasteiger partial charge in [-0.2, -0.15) is 5.10 Å². The molecule has 0 aliphatic carbocycles. The number of amides is 1. The number of hydrogen-bond acceptors (Lipinski definition) is 4. The van der Waals surface area contributed by atoms with Crippen molar-refractivity contribution in [3.05, 3.63) is 46.8 Å². The lowest BCUT2D eigenvalue weighted by Crippen LogP contribution is -2.21. The van der Waals surface area contributed by atoms with Gasteiger partial charge >= 0.3 is 5.97 Å². The number of carbonyl (C=O) groups excluding carboxylic acids is 2. The summed E-state index contributed by atoms with van der Waals surface area (Å²) in [7, 11) is 1.81. The van der Waals surface area contributed by atoms with Crippen LogP contribution in [0.1, 0.15) is 35.9 Å². The third-order valence-electron chi connectivity index (χ3n) is 4.19.